The lowest BCUT2D eigenvalue weighted by molar-refractivity contribution is 0.261. The van der Waals surface area contributed by atoms with Crippen LogP contribution in [0.3, 0.4) is 0 Å². The summed E-state index contributed by atoms with van der Waals surface area (Å²) in [5.74, 6) is 0.570. The monoisotopic (exact) mass is 276 g/mol. The van der Waals surface area contributed by atoms with Crippen molar-refractivity contribution in [3.8, 4) is 5.75 Å². The molecule has 0 aromatic heterocycles. The highest BCUT2D eigenvalue weighted by molar-refractivity contribution is 6.17. The Balaban J connectivity index is 1.72. The number of fused-ring (bicyclic) bond motifs is 1. The second-order valence-corrected chi connectivity index (χ2v) is 5.04. The van der Waals surface area contributed by atoms with Gasteiger partial charge in [-0.1, -0.05) is 36.4 Å². The molecule has 0 saturated carbocycles. The standard InChI is InChI=1S/C16H14ClFO/c17-9-12-5-3-7-15(18)16(12)19-10-13-8-11-4-1-2-6-14(11)13/h1-7,13H,8-10H2. The van der Waals surface area contributed by atoms with Gasteiger partial charge in [-0.2, -0.15) is 0 Å². The van der Waals surface area contributed by atoms with E-state index in [9.17, 15) is 4.39 Å². The Kier molecular flexibility index (Phi) is 3.43. The lowest BCUT2D eigenvalue weighted by Gasteiger charge is -2.30. The van der Waals surface area contributed by atoms with Gasteiger partial charge >= 0.3 is 0 Å². The summed E-state index contributed by atoms with van der Waals surface area (Å²) in [6, 6.07) is 13.1. The average Bonchev–Trinajstić information content (AvgIpc) is 2.41. The van der Waals surface area contributed by atoms with Gasteiger partial charge in [0.2, 0.25) is 0 Å². The van der Waals surface area contributed by atoms with Crippen LogP contribution in [0.5, 0.6) is 5.75 Å². The van der Waals surface area contributed by atoms with Gasteiger partial charge in [0.25, 0.3) is 0 Å². The number of benzene rings is 2. The lowest BCUT2D eigenvalue weighted by atomic mass is 9.78. The topological polar surface area (TPSA) is 9.23 Å². The summed E-state index contributed by atoms with van der Waals surface area (Å²) >= 11 is 5.80. The van der Waals surface area contributed by atoms with Crippen LogP contribution in [0.2, 0.25) is 0 Å². The third kappa shape index (κ3) is 2.33. The Morgan fingerprint density at radius 1 is 1.16 bits per heavy atom. The zero-order valence-electron chi connectivity index (χ0n) is 10.4. The molecule has 1 nitrogen and oxygen atoms in total. The number of halogens is 2. The molecule has 98 valence electrons. The van der Waals surface area contributed by atoms with Gasteiger partial charge in [-0.05, 0) is 23.6 Å². The Labute approximate surface area is 117 Å². The third-order valence-electron chi connectivity index (χ3n) is 3.58. The molecule has 1 atom stereocenters. The van der Waals surface area contributed by atoms with Crippen LogP contribution in [0.25, 0.3) is 0 Å². The predicted octanol–water partition coefficient (Wildman–Crippen LogP) is 4.28. The van der Waals surface area contributed by atoms with Gasteiger partial charge in [-0.25, -0.2) is 4.39 Å². The van der Waals surface area contributed by atoms with Crippen LogP contribution in [0.4, 0.5) is 4.39 Å². The highest BCUT2D eigenvalue weighted by Gasteiger charge is 2.26. The minimum atomic E-state index is -0.342. The van der Waals surface area contributed by atoms with E-state index >= 15 is 0 Å². The molecule has 3 heteroatoms. The summed E-state index contributed by atoms with van der Waals surface area (Å²) in [5, 5.41) is 0. The van der Waals surface area contributed by atoms with Crippen molar-refractivity contribution in [2.24, 2.45) is 0 Å². The molecule has 1 unspecified atom stereocenters. The van der Waals surface area contributed by atoms with Crippen LogP contribution in [0.15, 0.2) is 42.5 Å². The van der Waals surface area contributed by atoms with E-state index in [1.165, 1.54) is 17.2 Å². The molecule has 0 heterocycles. The van der Waals surface area contributed by atoms with E-state index in [1.54, 1.807) is 12.1 Å². The van der Waals surface area contributed by atoms with Crippen LogP contribution in [0.1, 0.15) is 22.6 Å². The molecular weight excluding hydrogens is 263 g/mol. The Hall–Kier alpha value is -1.54. The molecular formula is C16H14ClFO. The van der Waals surface area contributed by atoms with Crippen molar-refractivity contribution in [2.75, 3.05) is 6.61 Å². The molecule has 2 aromatic carbocycles. The van der Waals surface area contributed by atoms with Gasteiger partial charge < -0.3 is 4.74 Å². The van der Waals surface area contributed by atoms with Gasteiger partial charge in [0, 0.05) is 11.5 Å². The molecule has 19 heavy (non-hydrogen) atoms. The Bertz CT molecular complexity index is 597. The van der Waals surface area contributed by atoms with Crippen molar-refractivity contribution in [2.45, 2.75) is 18.2 Å². The van der Waals surface area contributed by atoms with Crippen LogP contribution >= 0.6 is 11.6 Å². The van der Waals surface area contributed by atoms with E-state index in [2.05, 4.69) is 12.1 Å². The van der Waals surface area contributed by atoms with E-state index in [0.717, 1.165) is 6.42 Å². The smallest absolute Gasteiger partial charge is 0.165 e. The van der Waals surface area contributed by atoms with Gasteiger partial charge in [0.1, 0.15) is 0 Å². The number of hydrogen-bond acceptors (Lipinski definition) is 1. The average molecular weight is 277 g/mol. The molecule has 0 fully saturated rings. The first-order valence-corrected chi connectivity index (χ1v) is 6.87. The maximum atomic E-state index is 13.7. The molecule has 2 aromatic rings. The van der Waals surface area contributed by atoms with Gasteiger partial charge in [-0.3, -0.25) is 0 Å². The highest BCUT2D eigenvalue weighted by Crippen LogP contribution is 2.36. The normalized spacial score (nSPS) is 16.6. The van der Waals surface area contributed by atoms with Gasteiger partial charge in [0.05, 0.1) is 12.5 Å². The molecule has 1 aliphatic carbocycles. The van der Waals surface area contributed by atoms with E-state index in [-0.39, 0.29) is 11.7 Å². The second-order valence-electron chi connectivity index (χ2n) is 4.77. The first kappa shape index (κ1) is 12.5. The first-order chi connectivity index (χ1) is 9.29. The molecule has 0 aliphatic heterocycles. The first-order valence-electron chi connectivity index (χ1n) is 6.33. The van der Waals surface area contributed by atoms with Crippen molar-refractivity contribution >= 4 is 11.6 Å². The number of hydrogen-bond donors (Lipinski definition) is 0. The van der Waals surface area contributed by atoms with Crippen LogP contribution in [-0.2, 0) is 12.3 Å². The molecule has 0 spiro atoms. The zero-order valence-corrected chi connectivity index (χ0v) is 11.2. The Morgan fingerprint density at radius 2 is 2.00 bits per heavy atom. The molecule has 0 bridgehead atoms. The highest BCUT2D eigenvalue weighted by atomic mass is 35.5. The number of rotatable bonds is 4. The van der Waals surface area contributed by atoms with Crippen LogP contribution < -0.4 is 4.74 Å². The van der Waals surface area contributed by atoms with Crippen LogP contribution in [0, 0.1) is 5.82 Å². The largest absolute Gasteiger partial charge is 0.490 e. The van der Waals surface area contributed by atoms with Crippen molar-refractivity contribution in [3.63, 3.8) is 0 Å². The predicted molar refractivity (Wildman–Crippen MR) is 74.3 cm³/mol. The SMILES string of the molecule is Fc1cccc(CCl)c1OCC1Cc2ccccc21. The third-order valence-corrected chi connectivity index (χ3v) is 3.87. The fourth-order valence-corrected chi connectivity index (χ4v) is 2.73. The minimum absolute atomic E-state index is 0.258. The van der Waals surface area contributed by atoms with Crippen molar-refractivity contribution in [1.29, 1.82) is 0 Å². The minimum Gasteiger partial charge on any atom is -0.490 e. The maximum Gasteiger partial charge on any atom is 0.165 e. The number of alkyl halides is 1. The summed E-state index contributed by atoms with van der Waals surface area (Å²) in [6.07, 6.45) is 1.00. The number of ether oxygens (including phenoxy) is 1. The molecule has 3 rings (SSSR count). The summed E-state index contributed by atoms with van der Waals surface area (Å²) in [6.45, 7) is 0.502. The molecule has 0 radical (unpaired) electrons. The van der Waals surface area contributed by atoms with E-state index in [0.29, 0.717) is 23.8 Å². The fraction of sp³-hybridized carbons (Fsp3) is 0.250. The summed E-state index contributed by atoms with van der Waals surface area (Å²) in [4.78, 5) is 0. The Morgan fingerprint density at radius 3 is 2.79 bits per heavy atom. The summed E-state index contributed by atoms with van der Waals surface area (Å²) < 4.78 is 19.4. The molecule has 1 aliphatic rings. The quantitative estimate of drug-likeness (QED) is 0.757. The van der Waals surface area contributed by atoms with Crippen LogP contribution in [-0.4, -0.2) is 6.61 Å². The van der Waals surface area contributed by atoms with Crippen molar-refractivity contribution < 1.29 is 9.13 Å². The zero-order chi connectivity index (χ0) is 13.2. The summed E-state index contributed by atoms with van der Waals surface area (Å²) in [7, 11) is 0. The van der Waals surface area contributed by atoms with E-state index in [1.807, 2.05) is 12.1 Å². The van der Waals surface area contributed by atoms with E-state index < -0.39 is 0 Å². The maximum absolute atomic E-state index is 13.7. The number of para-hydroxylation sites is 1. The van der Waals surface area contributed by atoms with E-state index in [4.69, 9.17) is 16.3 Å². The van der Waals surface area contributed by atoms with Gasteiger partial charge in [-0.15, -0.1) is 11.6 Å². The van der Waals surface area contributed by atoms with Gasteiger partial charge in [0.15, 0.2) is 11.6 Å². The lowest BCUT2D eigenvalue weighted by Crippen LogP contribution is -2.23. The second kappa shape index (κ2) is 5.22. The van der Waals surface area contributed by atoms with Crippen molar-refractivity contribution in [1.82, 2.24) is 0 Å². The molecule has 0 N–H and O–H groups in total. The van der Waals surface area contributed by atoms with Crippen molar-refractivity contribution in [3.05, 3.63) is 65.0 Å². The molecule has 0 saturated heterocycles. The molecule has 0 amide bonds. The fourth-order valence-electron chi connectivity index (χ4n) is 2.52. The summed E-state index contributed by atoms with van der Waals surface area (Å²) in [5.41, 5.74) is 3.38.